The molecule has 3 rings (SSSR count). The number of sulfone groups is 1. The average molecular weight is 355 g/mol. The monoisotopic (exact) mass is 355 g/mol. The summed E-state index contributed by atoms with van der Waals surface area (Å²) in [6, 6.07) is 13.4. The highest BCUT2D eigenvalue weighted by Crippen LogP contribution is 2.32. The van der Waals surface area contributed by atoms with Crippen LogP contribution in [0, 0.1) is 0 Å². The highest BCUT2D eigenvalue weighted by molar-refractivity contribution is 7.92. The van der Waals surface area contributed by atoms with E-state index in [9.17, 15) is 8.42 Å². The van der Waals surface area contributed by atoms with Crippen LogP contribution in [0.15, 0.2) is 53.4 Å². The summed E-state index contributed by atoms with van der Waals surface area (Å²) in [5, 5.41) is -0.547. The van der Waals surface area contributed by atoms with Gasteiger partial charge in [-0.2, -0.15) is 0 Å². The first kappa shape index (κ1) is 17.2. The molecule has 0 aliphatic rings. The fraction of sp³-hybridized carbons (Fsp3) is 0.211. The van der Waals surface area contributed by atoms with Gasteiger partial charge in [-0.3, -0.25) is 0 Å². The lowest BCUT2D eigenvalue weighted by Crippen LogP contribution is -2.15. The zero-order valence-corrected chi connectivity index (χ0v) is 15.3. The lowest BCUT2D eigenvalue weighted by Gasteiger charge is -2.13. The quantitative estimate of drug-likeness (QED) is 0.745. The van der Waals surface area contributed by atoms with Gasteiger partial charge in [0.15, 0.2) is 15.8 Å². The molecule has 5 nitrogen and oxygen atoms in total. The number of H-pyrrole nitrogens is 1. The van der Waals surface area contributed by atoms with E-state index in [0.29, 0.717) is 11.0 Å². The fourth-order valence-corrected chi connectivity index (χ4v) is 4.07. The molecule has 0 unspecified atom stereocenters. The zero-order valence-electron chi connectivity index (χ0n) is 14.4. The van der Waals surface area contributed by atoms with Gasteiger partial charge in [-0.15, -0.1) is 0 Å². The molecule has 0 saturated carbocycles. The maximum absolute atomic E-state index is 12.8. The Bertz CT molecular complexity index is 1050. The molecule has 3 aromatic rings. The smallest absolute Gasteiger partial charge is 0.198 e. The zero-order chi connectivity index (χ0) is 18.2. The van der Waals surface area contributed by atoms with Gasteiger partial charge in [-0.25, -0.2) is 13.4 Å². The molecule has 2 aromatic carbocycles. The first-order chi connectivity index (χ1) is 11.8. The van der Waals surface area contributed by atoms with Crippen LogP contribution in [0.25, 0.3) is 16.6 Å². The van der Waals surface area contributed by atoms with Gasteiger partial charge in [0.05, 0.1) is 15.7 Å². The number of nitrogen functional groups attached to an aromatic ring is 1. The predicted octanol–water partition coefficient (Wildman–Crippen LogP) is 3.78. The van der Waals surface area contributed by atoms with Gasteiger partial charge >= 0.3 is 0 Å². The van der Waals surface area contributed by atoms with Crippen LogP contribution in [0.4, 0.5) is 5.95 Å². The largest absolute Gasteiger partial charge is 0.369 e. The average Bonchev–Trinajstić information content (AvgIpc) is 2.95. The third-order valence-electron chi connectivity index (χ3n) is 4.18. The molecule has 0 bridgehead atoms. The van der Waals surface area contributed by atoms with Gasteiger partial charge in [-0.05, 0) is 49.6 Å². The van der Waals surface area contributed by atoms with Crippen LogP contribution in [0.1, 0.15) is 31.9 Å². The Hall–Kier alpha value is -2.60. The Balaban J connectivity index is 2.31. The molecule has 0 atom stereocenters. The van der Waals surface area contributed by atoms with Crippen molar-refractivity contribution < 1.29 is 8.42 Å². The summed E-state index contributed by atoms with van der Waals surface area (Å²) in [6.07, 6.45) is 1.97. The summed E-state index contributed by atoms with van der Waals surface area (Å²) in [5.41, 5.74) is 9.56. The molecule has 6 heteroatoms. The van der Waals surface area contributed by atoms with Crippen molar-refractivity contribution in [3.05, 3.63) is 59.7 Å². The van der Waals surface area contributed by atoms with E-state index < -0.39 is 15.1 Å². The molecule has 0 fully saturated rings. The first-order valence-electron chi connectivity index (χ1n) is 8.10. The summed E-state index contributed by atoms with van der Waals surface area (Å²) < 4.78 is 25.7. The third kappa shape index (κ3) is 3.05. The number of imidazole rings is 1. The van der Waals surface area contributed by atoms with Crippen molar-refractivity contribution in [2.75, 3.05) is 5.73 Å². The maximum Gasteiger partial charge on any atom is 0.198 e. The number of aromatic nitrogens is 2. The number of hydrogen-bond donors (Lipinski definition) is 2. The molecular weight excluding hydrogens is 334 g/mol. The third-order valence-corrected chi connectivity index (χ3v) is 6.35. The summed E-state index contributed by atoms with van der Waals surface area (Å²) in [4.78, 5) is 7.35. The second-order valence-electron chi connectivity index (χ2n) is 6.15. The van der Waals surface area contributed by atoms with E-state index in [-0.39, 0.29) is 10.8 Å². The van der Waals surface area contributed by atoms with Crippen LogP contribution >= 0.6 is 0 Å². The number of nitrogens with one attached hydrogen (secondary N) is 1. The molecule has 1 aromatic heterocycles. The number of benzene rings is 2. The molecule has 25 heavy (non-hydrogen) atoms. The van der Waals surface area contributed by atoms with Gasteiger partial charge in [0.2, 0.25) is 0 Å². The van der Waals surface area contributed by atoms with Crippen molar-refractivity contribution in [2.24, 2.45) is 0 Å². The molecular formula is C19H21N3O2S. The predicted molar refractivity (Wildman–Crippen MR) is 102 cm³/mol. The maximum atomic E-state index is 12.8. The van der Waals surface area contributed by atoms with Gasteiger partial charge in [0.25, 0.3) is 0 Å². The van der Waals surface area contributed by atoms with E-state index in [4.69, 9.17) is 5.73 Å². The molecule has 3 N–H and O–H groups in total. The Kier molecular flexibility index (Phi) is 4.39. The van der Waals surface area contributed by atoms with Crippen LogP contribution in [0.3, 0.4) is 0 Å². The van der Waals surface area contributed by atoms with Gasteiger partial charge in [-0.1, -0.05) is 36.4 Å². The summed E-state index contributed by atoms with van der Waals surface area (Å²) >= 11 is 0. The number of aromatic amines is 1. The standard InChI is InChI=1S/C19H21N3O2S/c1-4-15(13-8-6-5-7-9-13)14-10-16-18(22-19(20)21-16)17(11-14)25(23,24)12(2)3/h4-12H,1-3H3,(H3,20,21,22)/b15-4+. The number of rotatable bonds is 4. The molecule has 0 saturated heterocycles. The second kappa shape index (κ2) is 6.37. The fourth-order valence-electron chi connectivity index (χ4n) is 2.85. The van der Waals surface area contributed by atoms with E-state index >= 15 is 0 Å². The molecule has 0 spiro atoms. The van der Waals surface area contributed by atoms with Crippen molar-refractivity contribution in [1.82, 2.24) is 9.97 Å². The minimum Gasteiger partial charge on any atom is -0.369 e. The molecule has 0 amide bonds. The van der Waals surface area contributed by atoms with Crippen LogP contribution in [0.5, 0.6) is 0 Å². The van der Waals surface area contributed by atoms with E-state index in [1.165, 1.54) is 0 Å². The minimum absolute atomic E-state index is 0.203. The van der Waals surface area contributed by atoms with Crippen molar-refractivity contribution in [3.63, 3.8) is 0 Å². The van der Waals surface area contributed by atoms with Crippen molar-refractivity contribution in [3.8, 4) is 0 Å². The van der Waals surface area contributed by atoms with Crippen LogP contribution in [-0.2, 0) is 9.84 Å². The van der Waals surface area contributed by atoms with Crippen LogP contribution in [-0.4, -0.2) is 23.6 Å². The number of nitrogens with two attached hydrogens (primary N) is 1. The van der Waals surface area contributed by atoms with E-state index in [2.05, 4.69) is 9.97 Å². The topological polar surface area (TPSA) is 88.8 Å². The highest BCUT2D eigenvalue weighted by atomic mass is 32.2. The second-order valence-corrected chi connectivity index (χ2v) is 8.63. The Labute approximate surface area is 147 Å². The van der Waals surface area contributed by atoms with Gasteiger partial charge in [0.1, 0.15) is 5.52 Å². The SMILES string of the molecule is C/C=C(\c1ccccc1)c1cc(S(=O)(=O)C(C)C)c2nc(N)[nH]c2c1. The summed E-state index contributed by atoms with van der Waals surface area (Å²) in [7, 11) is -3.50. The lowest BCUT2D eigenvalue weighted by atomic mass is 9.97. The van der Waals surface area contributed by atoms with E-state index in [0.717, 1.165) is 16.7 Å². The summed E-state index contributed by atoms with van der Waals surface area (Å²) in [5.74, 6) is 0.203. The van der Waals surface area contributed by atoms with Crippen molar-refractivity contribution in [2.45, 2.75) is 30.9 Å². The molecule has 1 heterocycles. The number of fused-ring (bicyclic) bond motifs is 1. The van der Waals surface area contributed by atoms with E-state index in [1.54, 1.807) is 19.9 Å². The van der Waals surface area contributed by atoms with Crippen LogP contribution in [0.2, 0.25) is 0 Å². The number of hydrogen-bond acceptors (Lipinski definition) is 4. The minimum atomic E-state index is -3.50. The Morgan fingerprint density at radius 1 is 1.16 bits per heavy atom. The van der Waals surface area contributed by atoms with Crippen LogP contribution < -0.4 is 5.73 Å². The first-order valence-corrected chi connectivity index (χ1v) is 9.64. The molecule has 130 valence electrons. The molecule has 0 radical (unpaired) electrons. The Morgan fingerprint density at radius 2 is 1.84 bits per heavy atom. The molecule has 0 aliphatic heterocycles. The van der Waals surface area contributed by atoms with Crippen molar-refractivity contribution in [1.29, 1.82) is 0 Å². The van der Waals surface area contributed by atoms with E-state index in [1.807, 2.05) is 49.4 Å². The lowest BCUT2D eigenvalue weighted by molar-refractivity contribution is 0.588. The normalized spacial score (nSPS) is 12.9. The number of nitrogens with zero attached hydrogens (tertiary/aromatic N) is 1. The van der Waals surface area contributed by atoms with Crippen molar-refractivity contribution >= 4 is 32.4 Å². The Morgan fingerprint density at radius 3 is 2.44 bits per heavy atom. The number of allylic oxidation sites excluding steroid dienone is 1. The molecule has 0 aliphatic carbocycles. The highest BCUT2D eigenvalue weighted by Gasteiger charge is 2.25. The van der Waals surface area contributed by atoms with Gasteiger partial charge < -0.3 is 10.7 Å². The summed E-state index contributed by atoms with van der Waals surface area (Å²) in [6.45, 7) is 5.26. The van der Waals surface area contributed by atoms with Gasteiger partial charge in [0, 0.05) is 0 Å². The number of anilines is 1.